The van der Waals surface area contributed by atoms with Gasteiger partial charge in [-0.25, -0.2) is 0 Å². The molecule has 1 aromatic carbocycles. The van der Waals surface area contributed by atoms with Crippen molar-refractivity contribution >= 4 is 17.8 Å². The van der Waals surface area contributed by atoms with Crippen molar-refractivity contribution in [3.63, 3.8) is 0 Å². The van der Waals surface area contributed by atoms with E-state index in [0.29, 0.717) is 22.8 Å². The van der Waals surface area contributed by atoms with Crippen molar-refractivity contribution in [1.29, 1.82) is 0 Å². The van der Waals surface area contributed by atoms with Crippen LogP contribution in [0, 0.1) is 10.1 Å². The molecule has 0 fully saturated rings. The standard InChI is InChI=1S/C12H14FNO4S/c1-17-10-8-12(19-6-4-13)11(18-2)7-9(10)3-5-14(15)16/h3,5,7-8H,4,6H2,1-2H3/b5-3+. The molecule has 0 bridgehead atoms. The lowest BCUT2D eigenvalue weighted by atomic mass is 10.2. The van der Waals surface area contributed by atoms with E-state index in [-0.39, 0.29) is 0 Å². The van der Waals surface area contributed by atoms with Gasteiger partial charge in [0.15, 0.2) is 0 Å². The molecule has 0 atom stereocenters. The normalized spacial score (nSPS) is 10.7. The highest BCUT2D eigenvalue weighted by atomic mass is 32.2. The van der Waals surface area contributed by atoms with Gasteiger partial charge in [-0.15, -0.1) is 11.8 Å². The molecule has 0 saturated heterocycles. The molecule has 1 rings (SSSR count). The van der Waals surface area contributed by atoms with Gasteiger partial charge in [-0.1, -0.05) is 0 Å². The third kappa shape index (κ3) is 4.44. The van der Waals surface area contributed by atoms with E-state index in [1.807, 2.05) is 0 Å². The average molecular weight is 287 g/mol. The Hall–Kier alpha value is -1.76. The summed E-state index contributed by atoms with van der Waals surface area (Å²) in [6.45, 7) is -0.445. The summed E-state index contributed by atoms with van der Waals surface area (Å²) in [7, 11) is 2.96. The lowest BCUT2D eigenvalue weighted by Gasteiger charge is -2.12. The van der Waals surface area contributed by atoms with Crippen LogP contribution >= 0.6 is 11.8 Å². The van der Waals surface area contributed by atoms with Gasteiger partial charge in [-0.05, 0) is 12.1 Å². The van der Waals surface area contributed by atoms with Crippen molar-refractivity contribution in [3.8, 4) is 11.5 Å². The fourth-order valence-corrected chi connectivity index (χ4v) is 2.20. The van der Waals surface area contributed by atoms with Crippen molar-refractivity contribution in [1.82, 2.24) is 0 Å². The lowest BCUT2D eigenvalue weighted by Crippen LogP contribution is -1.94. The van der Waals surface area contributed by atoms with E-state index in [2.05, 4.69) is 0 Å². The first-order chi connectivity index (χ1) is 9.12. The third-order valence-electron chi connectivity index (χ3n) is 2.23. The number of thioether (sulfide) groups is 1. The predicted molar refractivity (Wildman–Crippen MR) is 72.3 cm³/mol. The molecule has 0 aliphatic carbocycles. The molecule has 0 amide bonds. The first-order valence-electron chi connectivity index (χ1n) is 5.38. The zero-order chi connectivity index (χ0) is 14.3. The molecular formula is C12H14FNO4S. The van der Waals surface area contributed by atoms with E-state index < -0.39 is 11.6 Å². The zero-order valence-corrected chi connectivity index (χ0v) is 11.4. The van der Waals surface area contributed by atoms with Gasteiger partial charge in [-0.2, -0.15) is 0 Å². The molecule has 19 heavy (non-hydrogen) atoms. The second-order valence-corrected chi connectivity index (χ2v) is 4.52. The minimum Gasteiger partial charge on any atom is -0.496 e. The first kappa shape index (κ1) is 15.3. The lowest BCUT2D eigenvalue weighted by molar-refractivity contribution is -0.400. The van der Waals surface area contributed by atoms with Crippen LogP contribution in [0.25, 0.3) is 6.08 Å². The molecule has 0 spiro atoms. The van der Waals surface area contributed by atoms with Crippen LogP contribution in [-0.4, -0.2) is 31.6 Å². The van der Waals surface area contributed by atoms with Gasteiger partial charge >= 0.3 is 0 Å². The van der Waals surface area contributed by atoms with Crippen LogP contribution in [0.15, 0.2) is 23.2 Å². The van der Waals surface area contributed by atoms with Crippen LogP contribution < -0.4 is 9.47 Å². The fourth-order valence-electron chi connectivity index (χ4n) is 1.43. The van der Waals surface area contributed by atoms with Crippen molar-refractivity contribution in [3.05, 3.63) is 34.0 Å². The summed E-state index contributed by atoms with van der Waals surface area (Å²) in [6.07, 6.45) is 2.15. The Balaban J connectivity index is 3.14. The number of methoxy groups -OCH3 is 2. The van der Waals surface area contributed by atoms with Gasteiger partial charge in [0, 0.05) is 17.4 Å². The molecule has 0 heterocycles. The Labute approximate surface area is 114 Å². The number of hydrogen-bond acceptors (Lipinski definition) is 5. The van der Waals surface area contributed by atoms with E-state index in [0.717, 1.165) is 11.1 Å². The Morgan fingerprint density at radius 2 is 2.05 bits per heavy atom. The molecule has 1 aromatic rings. The Kier molecular flexibility index (Phi) is 6.14. The van der Waals surface area contributed by atoms with Crippen LogP contribution in [0.2, 0.25) is 0 Å². The molecule has 0 radical (unpaired) electrons. The summed E-state index contributed by atoms with van der Waals surface area (Å²) in [5, 5.41) is 10.3. The maximum atomic E-state index is 12.2. The largest absolute Gasteiger partial charge is 0.496 e. The molecule has 0 aromatic heterocycles. The highest BCUT2D eigenvalue weighted by molar-refractivity contribution is 7.99. The monoisotopic (exact) mass is 287 g/mol. The van der Waals surface area contributed by atoms with E-state index in [1.165, 1.54) is 32.1 Å². The molecule has 0 N–H and O–H groups in total. The smallest absolute Gasteiger partial charge is 0.235 e. The topological polar surface area (TPSA) is 61.6 Å². The maximum Gasteiger partial charge on any atom is 0.235 e. The molecular weight excluding hydrogens is 273 g/mol. The van der Waals surface area contributed by atoms with Crippen LogP contribution in [0.3, 0.4) is 0 Å². The quantitative estimate of drug-likeness (QED) is 0.438. The fraction of sp³-hybridized carbons (Fsp3) is 0.333. The number of halogens is 1. The third-order valence-corrected chi connectivity index (χ3v) is 3.21. The molecule has 0 unspecified atom stereocenters. The Morgan fingerprint density at radius 3 is 2.58 bits per heavy atom. The Morgan fingerprint density at radius 1 is 1.37 bits per heavy atom. The minimum absolute atomic E-state index is 0.309. The number of nitrogens with zero attached hydrogens (tertiary/aromatic N) is 1. The molecule has 5 nitrogen and oxygen atoms in total. The number of alkyl halides is 1. The highest BCUT2D eigenvalue weighted by Gasteiger charge is 2.10. The van der Waals surface area contributed by atoms with E-state index in [1.54, 1.807) is 12.1 Å². The van der Waals surface area contributed by atoms with Crippen molar-refractivity contribution in [2.75, 3.05) is 26.6 Å². The van der Waals surface area contributed by atoms with Gasteiger partial charge in [0.25, 0.3) is 0 Å². The minimum atomic E-state index is -0.558. The second kappa shape index (κ2) is 7.63. The van der Waals surface area contributed by atoms with Crippen molar-refractivity contribution in [2.24, 2.45) is 0 Å². The Bertz CT molecular complexity index is 479. The van der Waals surface area contributed by atoms with E-state index in [4.69, 9.17) is 9.47 Å². The van der Waals surface area contributed by atoms with E-state index >= 15 is 0 Å². The summed E-state index contributed by atoms with van der Waals surface area (Å²) in [6, 6.07) is 3.30. The second-order valence-electron chi connectivity index (χ2n) is 3.38. The molecule has 0 saturated carbocycles. The summed E-state index contributed by atoms with van der Waals surface area (Å²) >= 11 is 1.30. The average Bonchev–Trinajstić information content (AvgIpc) is 2.42. The molecule has 0 aliphatic heterocycles. The summed E-state index contributed by atoms with van der Waals surface area (Å²) in [5.74, 6) is 1.31. The molecule has 7 heteroatoms. The van der Waals surface area contributed by atoms with Crippen LogP contribution in [0.4, 0.5) is 4.39 Å². The van der Waals surface area contributed by atoms with Gasteiger partial charge in [0.05, 0.1) is 30.7 Å². The number of ether oxygens (including phenoxy) is 2. The highest BCUT2D eigenvalue weighted by Crippen LogP contribution is 2.36. The van der Waals surface area contributed by atoms with Crippen LogP contribution in [0.1, 0.15) is 5.56 Å². The molecule has 104 valence electrons. The predicted octanol–water partition coefficient (Wildman–Crippen LogP) is 3.01. The van der Waals surface area contributed by atoms with Crippen LogP contribution in [-0.2, 0) is 0 Å². The van der Waals surface area contributed by atoms with Crippen molar-refractivity contribution in [2.45, 2.75) is 4.90 Å². The number of benzene rings is 1. The number of rotatable bonds is 7. The summed E-state index contributed by atoms with van der Waals surface area (Å²) in [4.78, 5) is 10.5. The van der Waals surface area contributed by atoms with Gasteiger partial charge in [0.2, 0.25) is 6.20 Å². The van der Waals surface area contributed by atoms with Gasteiger partial charge in [0.1, 0.15) is 11.5 Å². The molecule has 0 aliphatic rings. The summed E-state index contributed by atoms with van der Waals surface area (Å²) in [5.41, 5.74) is 0.528. The number of hydrogen-bond donors (Lipinski definition) is 0. The number of nitro groups is 1. The van der Waals surface area contributed by atoms with Gasteiger partial charge in [-0.3, -0.25) is 14.5 Å². The van der Waals surface area contributed by atoms with Crippen LogP contribution in [0.5, 0.6) is 11.5 Å². The summed E-state index contributed by atoms with van der Waals surface area (Å²) < 4.78 is 22.6. The SMILES string of the molecule is COc1cc(SCCF)c(OC)cc1/C=C/[N+](=O)[O-]. The van der Waals surface area contributed by atoms with Gasteiger partial charge < -0.3 is 9.47 Å². The first-order valence-corrected chi connectivity index (χ1v) is 6.37. The van der Waals surface area contributed by atoms with Crippen molar-refractivity contribution < 1.29 is 18.8 Å². The maximum absolute atomic E-state index is 12.2. The zero-order valence-electron chi connectivity index (χ0n) is 10.6. The van der Waals surface area contributed by atoms with E-state index in [9.17, 15) is 14.5 Å².